The lowest BCUT2D eigenvalue weighted by Gasteiger charge is -2.10. The largest absolute Gasteiger partial charge is 0.497 e. The van der Waals surface area contributed by atoms with E-state index in [1.165, 1.54) is 18.0 Å². The molecular weight excluding hydrogens is 294 g/mol. The van der Waals surface area contributed by atoms with Crippen LogP contribution in [0.3, 0.4) is 0 Å². The highest BCUT2D eigenvalue weighted by Crippen LogP contribution is 2.29. The van der Waals surface area contributed by atoms with Gasteiger partial charge in [0.25, 0.3) is 5.91 Å². The molecule has 0 fully saturated rings. The maximum Gasteiger partial charge on any atom is 0.286 e. The van der Waals surface area contributed by atoms with Crippen molar-refractivity contribution in [1.82, 2.24) is 19.8 Å². The average Bonchev–Trinajstić information content (AvgIpc) is 3.08. The molecule has 21 heavy (non-hydrogen) atoms. The monoisotopic (exact) mass is 305 g/mol. The molecule has 0 aliphatic heterocycles. The summed E-state index contributed by atoms with van der Waals surface area (Å²) < 4.78 is 11.8. The second-order valence-electron chi connectivity index (χ2n) is 3.99. The molecule has 0 saturated heterocycles. The minimum atomic E-state index is -0.350. The lowest BCUT2D eigenvalue weighted by atomic mass is 10.2. The van der Waals surface area contributed by atoms with Crippen molar-refractivity contribution in [3.63, 3.8) is 0 Å². The molecule has 3 aromatic rings. The molecule has 108 valence electrons. The fraction of sp³-hybridized carbons (Fsp3) is 0.167. The second-order valence-corrected chi connectivity index (χ2v) is 4.94. The van der Waals surface area contributed by atoms with Gasteiger partial charge >= 0.3 is 0 Å². The molecule has 0 unspecified atom stereocenters. The van der Waals surface area contributed by atoms with Gasteiger partial charge in [-0.3, -0.25) is 4.79 Å². The molecule has 1 aromatic carbocycles. The van der Waals surface area contributed by atoms with Crippen molar-refractivity contribution >= 4 is 27.9 Å². The van der Waals surface area contributed by atoms with E-state index in [0.29, 0.717) is 22.1 Å². The third-order valence-corrected chi connectivity index (χ3v) is 3.65. The number of carbonyl (C=O) groups excluding carboxylic acids is 1. The smallest absolute Gasteiger partial charge is 0.286 e. The zero-order chi connectivity index (χ0) is 14.8. The van der Waals surface area contributed by atoms with Gasteiger partial charge in [0.15, 0.2) is 0 Å². The van der Waals surface area contributed by atoms with Gasteiger partial charge < -0.3 is 14.8 Å². The topological polar surface area (TPSA) is 90.6 Å². The molecule has 0 radical (unpaired) electrons. The van der Waals surface area contributed by atoms with Gasteiger partial charge in [0, 0.05) is 6.07 Å². The van der Waals surface area contributed by atoms with E-state index in [1.54, 1.807) is 25.3 Å². The van der Waals surface area contributed by atoms with Gasteiger partial charge in [-0.2, -0.15) is 4.52 Å². The van der Waals surface area contributed by atoms with E-state index < -0.39 is 0 Å². The van der Waals surface area contributed by atoms with Gasteiger partial charge in [0.2, 0.25) is 9.97 Å². The van der Waals surface area contributed by atoms with Crippen LogP contribution in [0.4, 0.5) is 5.69 Å². The Morgan fingerprint density at radius 1 is 1.33 bits per heavy atom. The van der Waals surface area contributed by atoms with Crippen LogP contribution in [0, 0.1) is 0 Å². The van der Waals surface area contributed by atoms with E-state index in [1.807, 2.05) is 0 Å². The number of anilines is 1. The van der Waals surface area contributed by atoms with Crippen LogP contribution in [0.1, 0.15) is 9.80 Å². The summed E-state index contributed by atoms with van der Waals surface area (Å²) in [4.78, 5) is 12.8. The number of carbonyl (C=O) groups is 1. The first-order valence-electron chi connectivity index (χ1n) is 5.91. The first-order valence-corrected chi connectivity index (χ1v) is 6.73. The van der Waals surface area contributed by atoms with E-state index >= 15 is 0 Å². The summed E-state index contributed by atoms with van der Waals surface area (Å²) in [6.45, 7) is 0. The summed E-state index contributed by atoms with van der Waals surface area (Å²) in [5.74, 6) is 0.799. The normalized spacial score (nSPS) is 10.6. The number of hydrogen-bond donors (Lipinski definition) is 1. The molecule has 0 atom stereocenters. The molecule has 2 heterocycles. The van der Waals surface area contributed by atoms with Crippen molar-refractivity contribution in [2.24, 2.45) is 0 Å². The number of ether oxygens (including phenoxy) is 2. The molecule has 9 heteroatoms. The number of hydrogen-bond acceptors (Lipinski definition) is 7. The molecule has 0 aliphatic rings. The van der Waals surface area contributed by atoms with Gasteiger partial charge in [-0.15, -0.1) is 15.3 Å². The van der Waals surface area contributed by atoms with Crippen molar-refractivity contribution in [3.8, 4) is 11.5 Å². The molecule has 2 aromatic heterocycles. The number of nitrogens with one attached hydrogen (secondary N) is 1. The number of fused-ring (bicyclic) bond motifs is 1. The standard InChI is InChI=1S/C12H11N5O3S/c1-19-7-3-4-9(20-2)8(5-7)14-10(18)11-16-17-6-13-15-12(17)21-11/h3-6H,1-2H3,(H,14,18). The second kappa shape index (κ2) is 5.37. The maximum absolute atomic E-state index is 12.2. The Bertz CT molecular complexity index is 769. The Morgan fingerprint density at radius 3 is 2.90 bits per heavy atom. The number of benzene rings is 1. The van der Waals surface area contributed by atoms with Gasteiger partial charge in [-0.25, -0.2) is 0 Å². The van der Waals surface area contributed by atoms with Crippen LogP contribution in [0.15, 0.2) is 24.5 Å². The van der Waals surface area contributed by atoms with E-state index in [4.69, 9.17) is 9.47 Å². The summed E-state index contributed by atoms with van der Waals surface area (Å²) in [6, 6.07) is 5.14. The quantitative estimate of drug-likeness (QED) is 0.784. The Labute approximate surface area is 123 Å². The van der Waals surface area contributed by atoms with Crippen LogP contribution in [0.25, 0.3) is 4.96 Å². The van der Waals surface area contributed by atoms with Crippen molar-refractivity contribution in [1.29, 1.82) is 0 Å². The van der Waals surface area contributed by atoms with Gasteiger partial charge in [0.05, 0.1) is 19.9 Å². The molecule has 1 N–H and O–H groups in total. The first-order chi connectivity index (χ1) is 10.2. The maximum atomic E-state index is 12.2. The molecule has 3 rings (SSSR count). The van der Waals surface area contributed by atoms with E-state index in [-0.39, 0.29) is 10.9 Å². The van der Waals surface area contributed by atoms with Crippen LogP contribution in [0.5, 0.6) is 11.5 Å². The Hall–Kier alpha value is -2.68. The summed E-state index contributed by atoms with van der Waals surface area (Å²) >= 11 is 1.15. The third kappa shape index (κ3) is 2.50. The Balaban J connectivity index is 1.88. The van der Waals surface area contributed by atoms with Crippen LogP contribution in [0.2, 0.25) is 0 Å². The Kier molecular flexibility index (Phi) is 3.40. The van der Waals surface area contributed by atoms with Crippen LogP contribution in [-0.2, 0) is 0 Å². The lowest BCUT2D eigenvalue weighted by Crippen LogP contribution is -2.13. The highest BCUT2D eigenvalue weighted by Gasteiger charge is 2.16. The third-order valence-electron chi connectivity index (χ3n) is 2.74. The van der Waals surface area contributed by atoms with Crippen LogP contribution >= 0.6 is 11.3 Å². The number of rotatable bonds is 4. The number of methoxy groups -OCH3 is 2. The van der Waals surface area contributed by atoms with Crippen molar-refractivity contribution < 1.29 is 14.3 Å². The number of nitrogens with zero attached hydrogens (tertiary/aromatic N) is 4. The first kappa shape index (κ1) is 13.3. The summed E-state index contributed by atoms with van der Waals surface area (Å²) in [5.41, 5.74) is 0.507. The zero-order valence-corrected chi connectivity index (χ0v) is 12.0. The Morgan fingerprint density at radius 2 is 2.19 bits per heavy atom. The molecule has 0 saturated carbocycles. The minimum absolute atomic E-state index is 0.282. The van der Waals surface area contributed by atoms with Gasteiger partial charge in [-0.1, -0.05) is 11.3 Å². The average molecular weight is 305 g/mol. The van der Waals surface area contributed by atoms with Crippen molar-refractivity contribution in [2.45, 2.75) is 0 Å². The molecular formula is C12H11N5O3S. The summed E-state index contributed by atoms with van der Waals surface area (Å²) in [5, 5.41) is 14.6. The molecule has 8 nitrogen and oxygen atoms in total. The van der Waals surface area contributed by atoms with E-state index in [9.17, 15) is 4.79 Å². The zero-order valence-electron chi connectivity index (χ0n) is 11.2. The predicted molar refractivity (Wildman–Crippen MR) is 76.2 cm³/mol. The lowest BCUT2D eigenvalue weighted by molar-refractivity contribution is 0.102. The number of aromatic nitrogens is 4. The van der Waals surface area contributed by atoms with Gasteiger partial charge in [0.1, 0.15) is 17.8 Å². The minimum Gasteiger partial charge on any atom is -0.497 e. The van der Waals surface area contributed by atoms with Crippen LogP contribution < -0.4 is 14.8 Å². The fourth-order valence-electron chi connectivity index (χ4n) is 1.74. The summed E-state index contributed by atoms with van der Waals surface area (Å²) in [6.07, 6.45) is 1.44. The van der Waals surface area contributed by atoms with Gasteiger partial charge in [-0.05, 0) is 12.1 Å². The van der Waals surface area contributed by atoms with Crippen molar-refractivity contribution in [2.75, 3.05) is 19.5 Å². The molecule has 0 bridgehead atoms. The fourth-order valence-corrected chi connectivity index (χ4v) is 2.45. The van der Waals surface area contributed by atoms with Crippen molar-refractivity contribution in [3.05, 3.63) is 29.5 Å². The highest BCUT2D eigenvalue weighted by molar-refractivity contribution is 7.18. The van der Waals surface area contributed by atoms with E-state index in [0.717, 1.165) is 11.3 Å². The van der Waals surface area contributed by atoms with Crippen LogP contribution in [-0.4, -0.2) is 39.9 Å². The molecule has 0 spiro atoms. The highest BCUT2D eigenvalue weighted by atomic mass is 32.1. The predicted octanol–water partition coefficient (Wildman–Crippen LogP) is 1.46. The molecule has 1 amide bonds. The SMILES string of the molecule is COc1ccc(OC)c(NC(=O)c2nn3cnnc3s2)c1. The molecule has 0 aliphatic carbocycles. The number of amides is 1. The van der Waals surface area contributed by atoms with E-state index in [2.05, 4.69) is 20.6 Å². The summed E-state index contributed by atoms with van der Waals surface area (Å²) in [7, 11) is 3.08.